The van der Waals surface area contributed by atoms with Gasteiger partial charge in [0.25, 0.3) is 0 Å². The van der Waals surface area contributed by atoms with Crippen molar-refractivity contribution in [2.45, 2.75) is 27.2 Å². The fourth-order valence-corrected chi connectivity index (χ4v) is 1.73. The second kappa shape index (κ2) is 5.91. The SMILES string of the molecule is CC(C)(C)CC(CN)C(=O)Nc1ccncc1F. The molecular weight excluding hydrogens is 233 g/mol. The molecule has 4 nitrogen and oxygen atoms in total. The lowest BCUT2D eigenvalue weighted by molar-refractivity contribution is -0.120. The summed E-state index contributed by atoms with van der Waals surface area (Å²) in [6, 6.07) is 1.43. The number of hydrogen-bond donors (Lipinski definition) is 2. The lowest BCUT2D eigenvalue weighted by Gasteiger charge is -2.24. The van der Waals surface area contributed by atoms with Gasteiger partial charge in [-0.15, -0.1) is 0 Å². The number of nitrogens with one attached hydrogen (secondary N) is 1. The number of amides is 1. The zero-order valence-electron chi connectivity index (χ0n) is 11.0. The molecule has 0 aliphatic heterocycles. The Labute approximate surface area is 107 Å². The average molecular weight is 253 g/mol. The van der Waals surface area contributed by atoms with E-state index < -0.39 is 5.82 Å². The molecule has 1 rings (SSSR count). The molecule has 3 N–H and O–H groups in total. The summed E-state index contributed by atoms with van der Waals surface area (Å²) in [5.74, 6) is -1.12. The smallest absolute Gasteiger partial charge is 0.228 e. The highest BCUT2D eigenvalue weighted by atomic mass is 19.1. The van der Waals surface area contributed by atoms with Gasteiger partial charge in [-0.2, -0.15) is 0 Å². The summed E-state index contributed by atoms with van der Waals surface area (Å²) < 4.78 is 13.3. The Balaban J connectivity index is 2.72. The Morgan fingerprint density at radius 3 is 2.72 bits per heavy atom. The summed E-state index contributed by atoms with van der Waals surface area (Å²) in [6.07, 6.45) is 3.15. The third-order valence-electron chi connectivity index (χ3n) is 2.54. The molecule has 100 valence electrons. The zero-order chi connectivity index (χ0) is 13.8. The van der Waals surface area contributed by atoms with Crippen molar-refractivity contribution >= 4 is 11.6 Å². The second-order valence-electron chi connectivity index (χ2n) is 5.54. The summed E-state index contributed by atoms with van der Waals surface area (Å²) in [6.45, 7) is 6.36. The van der Waals surface area contributed by atoms with Crippen LogP contribution in [0.25, 0.3) is 0 Å². The predicted molar refractivity (Wildman–Crippen MR) is 69.4 cm³/mol. The largest absolute Gasteiger partial charge is 0.330 e. The van der Waals surface area contributed by atoms with Gasteiger partial charge in [0.2, 0.25) is 5.91 Å². The highest BCUT2D eigenvalue weighted by Gasteiger charge is 2.24. The van der Waals surface area contributed by atoms with E-state index in [1.165, 1.54) is 12.3 Å². The van der Waals surface area contributed by atoms with Crippen LogP contribution in [-0.2, 0) is 4.79 Å². The number of carbonyl (C=O) groups is 1. The van der Waals surface area contributed by atoms with E-state index in [4.69, 9.17) is 5.73 Å². The van der Waals surface area contributed by atoms with Crippen molar-refractivity contribution in [3.05, 3.63) is 24.3 Å². The van der Waals surface area contributed by atoms with Crippen LogP contribution >= 0.6 is 0 Å². The molecule has 0 bridgehead atoms. The van der Waals surface area contributed by atoms with Gasteiger partial charge in [0.15, 0.2) is 5.82 Å². The highest BCUT2D eigenvalue weighted by molar-refractivity contribution is 5.92. The van der Waals surface area contributed by atoms with Crippen molar-refractivity contribution in [2.24, 2.45) is 17.1 Å². The first-order valence-electron chi connectivity index (χ1n) is 5.94. The summed E-state index contributed by atoms with van der Waals surface area (Å²) in [4.78, 5) is 15.6. The minimum Gasteiger partial charge on any atom is -0.330 e. The van der Waals surface area contributed by atoms with Gasteiger partial charge in [0.1, 0.15) is 0 Å². The van der Waals surface area contributed by atoms with Crippen molar-refractivity contribution < 1.29 is 9.18 Å². The molecule has 5 heteroatoms. The Bertz CT molecular complexity index is 415. The first kappa shape index (κ1) is 14.6. The zero-order valence-corrected chi connectivity index (χ0v) is 11.0. The fourth-order valence-electron chi connectivity index (χ4n) is 1.73. The maximum atomic E-state index is 13.3. The molecule has 18 heavy (non-hydrogen) atoms. The second-order valence-corrected chi connectivity index (χ2v) is 5.54. The number of rotatable bonds is 4. The van der Waals surface area contributed by atoms with Gasteiger partial charge in [-0.25, -0.2) is 4.39 Å². The van der Waals surface area contributed by atoms with Gasteiger partial charge in [-0.05, 0) is 17.9 Å². The molecule has 0 aliphatic carbocycles. The lowest BCUT2D eigenvalue weighted by Crippen LogP contribution is -2.32. The van der Waals surface area contributed by atoms with Crippen molar-refractivity contribution in [1.29, 1.82) is 0 Å². The Kier molecular flexibility index (Phi) is 4.78. The van der Waals surface area contributed by atoms with Crippen molar-refractivity contribution in [3.8, 4) is 0 Å². The molecule has 1 aromatic rings. The first-order chi connectivity index (χ1) is 8.33. The number of nitrogens with zero attached hydrogens (tertiary/aromatic N) is 1. The van der Waals surface area contributed by atoms with Gasteiger partial charge < -0.3 is 11.1 Å². The molecular formula is C13H20FN3O. The van der Waals surface area contributed by atoms with Gasteiger partial charge in [-0.1, -0.05) is 20.8 Å². The molecule has 0 radical (unpaired) electrons. The van der Waals surface area contributed by atoms with E-state index in [0.717, 1.165) is 6.20 Å². The van der Waals surface area contributed by atoms with Crippen LogP contribution in [0.1, 0.15) is 27.2 Å². The van der Waals surface area contributed by atoms with Crippen LogP contribution in [0.3, 0.4) is 0 Å². The molecule has 1 heterocycles. The molecule has 0 saturated heterocycles. The van der Waals surface area contributed by atoms with Gasteiger partial charge in [0.05, 0.1) is 17.8 Å². The summed E-state index contributed by atoms with van der Waals surface area (Å²) in [5, 5.41) is 2.55. The molecule has 0 aromatic carbocycles. The monoisotopic (exact) mass is 253 g/mol. The molecule has 0 aliphatic rings. The average Bonchev–Trinajstić information content (AvgIpc) is 2.27. The molecule has 0 spiro atoms. The van der Waals surface area contributed by atoms with Gasteiger partial charge >= 0.3 is 0 Å². The number of carbonyl (C=O) groups excluding carboxylic acids is 1. The van der Waals surface area contributed by atoms with E-state index in [1.54, 1.807) is 0 Å². The van der Waals surface area contributed by atoms with E-state index in [0.29, 0.717) is 6.42 Å². The Morgan fingerprint density at radius 1 is 1.56 bits per heavy atom. The summed E-state index contributed by atoms with van der Waals surface area (Å²) in [7, 11) is 0. The molecule has 1 atom stereocenters. The molecule has 1 unspecified atom stereocenters. The minimum absolute atomic E-state index is 0.00182. The number of pyridine rings is 1. The number of hydrogen-bond acceptors (Lipinski definition) is 3. The maximum Gasteiger partial charge on any atom is 0.228 e. The topological polar surface area (TPSA) is 68.0 Å². The van der Waals surface area contributed by atoms with E-state index >= 15 is 0 Å². The molecule has 1 amide bonds. The van der Waals surface area contributed by atoms with E-state index in [-0.39, 0.29) is 29.5 Å². The van der Waals surface area contributed by atoms with Crippen LogP contribution in [0, 0.1) is 17.2 Å². The third kappa shape index (κ3) is 4.41. The quantitative estimate of drug-likeness (QED) is 0.864. The van der Waals surface area contributed by atoms with Crippen LogP contribution < -0.4 is 11.1 Å². The number of nitrogens with two attached hydrogens (primary N) is 1. The fraction of sp³-hybridized carbons (Fsp3) is 0.538. The van der Waals surface area contributed by atoms with E-state index in [2.05, 4.69) is 10.3 Å². The highest BCUT2D eigenvalue weighted by Crippen LogP contribution is 2.25. The Hall–Kier alpha value is -1.49. The molecule has 0 saturated carbocycles. The number of halogens is 1. The summed E-state index contributed by atoms with van der Waals surface area (Å²) in [5.41, 5.74) is 5.74. The lowest BCUT2D eigenvalue weighted by atomic mass is 9.84. The number of aromatic nitrogens is 1. The number of anilines is 1. The first-order valence-corrected chi connectivity index (χ1v) is 5.94. The maximum absolute atomic E-state index is 13.3. The van der Waals surface area contributed by atoms with E-state index in [1.807, 2.05) is 20.8 Å². The minimum atomic E-state index is -0.544. The van der Waals surface area contributed by atoms with Crippen LogP contribution in [0.4, 0.5) is 10.1 Å². The normalized spacial score (nSPS) is 13.2. The third-order valence-corrected chi connectivity index (χ3v) is 2.54. The molecule has 0 fully saturated rings. The predicted octanol–water partition coefficient (Wildman–Crippen LogP) is 2.17. The van der Waals surface area contributed by atoms with Gasteiger partial charge in [-0.3, -0.25) is 9.78 Å². The Morgan fingerprint density at radius 2 is 2.22 bits per heavy atom. The van der Waals surface area contributed by atoms with Crippen molar-refractivity contribution in [3.63, 3.8) is 0 Å². The van der Waals surface area contributed by atoms with Crippen molar-refractivity contribution in [1.82, 2.24) is 4.98 Å². The van der Waals surface area contributed by atoms with Crippen LogP contribution in [0.5, 0.6) is 0 Å². The van der Waals surface area contributed by atoms with Crippen LogP contribution in [-0.4, -0.2) is 17.4 Å². The molecule has 1 aromatic heterocycles. The van der Waals surface area contributed by atoms with E-state index in [9.17, 15) is 9.18 Å². The van der Waals surface area contributed by atoms with Gasteiger partial charge in [0, 0.05) is 12.7 Å². The standard InChI is InChI=1S/C13H20FN3O/c1-13(2,3)6-9(7-15)12(18)17-11-4-5-16-8-10(11)14/h4-5,8-9H,6-7,15H2,1-3H3,(H,16,17,18). The summed E-state index contributed by atoms with van der Waals surface area (Å²) >= 11 is 0. The van der Waals surface area contributed by atoms with Crippen LogP contribution in [0.2, 0.25) is 0 Å². The van der Waals surface area contributed by atoms with Crippen LogP contribution in [0.15, 0.2) is 18.5 Å². The van der Waals surface area contributed by atoms with Crippen molar-refractivity contribution in [2.75, 3.05) is 11.9 Å².